The summed E-state index contributed by atoms with van der Waals surface area (Å²) in [6, 6.07) is 0. The average Bonchev–Trinajstić information content (AvgIpc) is 2.46. The van der Waals surface area contributed by atoms with Gasteiger partial charge in [-0.2, -0.15) is 0 Å². The molecule has 2 heterocycles. The molecule has 0 aromatic heterocycles. The molecule has 0 amide bonds. The molecule has 2 aliphatic heterocycles. The minimum absolute atomic E-state index is 0.359. The highest BCUT2D eigenvalue weighted by Gasteiger charge is 2.17. The Labute approximate surface area is 141 Å². The van der Waals surface area contributed by atoms with Gasteiger partial charge < -0.3 is 10.6 Å². The van der Waals surface area contributed by atoms with Gasteiger partial charge in [-0.3, -0.25) is 0 Å². The van der Waals surface area contributed by atoms with Crippen molar-refractivity contribution in [2.45, 2.75) is 32.1 Å². The summed E-state index contributed by atoms with van der Waals surface area (Å²) in [5.41, 5.74) is 0. The summed E-state index contributed by atoms with van der Waals surface area (Å²) in [4.78, 5) is 0. The van der Waals surface area contributed by atoms with Crippen LogP contribution >= 0.6 is 0 Å². The van der Waals surface area contributed by atoms with Crippen molar-refractivity contribution in [3.8, 4) is 0 Å². The SMILES string of the molecule is CS(=O)(=O)CC1CCNCC1.CS(=O)(=O)CCC1CCNCC1. The van der Waals surface area contributed by atoms with Crippen molar-refractivity contribution in [2.24, 2.45) is 11.8 Å². The van der Waals surface area contributed by atoms with Gasteiger partial charge in [0.05, 0.1) is 11.5 Å². The molecular weight excluding hydrogens is 336 g/mol. The fourth-order valence-electron chi connectivity index (χ4n) is 3.03. The molecule has 0 radical (unpaired) electrons. The lowest BCUT2D eigenvalue weighted by molar-refractivity contribution is 0.365. The molecule has 2 N–H and O–H groups in total. The molecule has 2 saturated heterocycles. The van der Waals surface area contributed by atoms with E-state index in [1.807, 2.05) is 0 Å². The molecule has 0 spiro atoms. The van der Waals surface area contributed by atoms with Crippen LogP contribution in [-0.2, 0) is 19.7 Å². The monoisotopic (exact) mass is 368 g/mol. The minimum Gasteiger partial charge on any atom is -0.317 e. The van der Waals surface area contributed by atoms with Crippen LogP contribution in [0.2, 0.25) is 0 Å². The molecular formula is C15H32N2O4S2. The lowest BCUT2D eigenvalue weighted by Gasteiger charge is -2.21. The van der Waals surface area contributed by atoms with E-state index in [-0.39, 0.29) is 0 Å². The Bertz CT molecular complexity index is 520. The first-order chi connectivity index (χ1) is 10.7. The third-order valence-electron chi connectivity index (χ3n) is 4.35. The number of hydrogen-bond acceptors (Lipinski definition) is 6. The molecule has 138 valence electrons. The number of nitrogens with one attached hydrogen (secondary N) is 2. The Hall–Kier alpha value is -0.180. The van der Waals surface area contributed by atoms with Crippen LogP contribution in [0.15, 0.2) is 0 Å². The van der Waals surface area contributed by atoms with E-state index >= 15 is 0 Å². The van der Waals surface area contributed by atoms with E-state index in [1.54, 1.807) is 0 Å². The Morgan fingerprint density at radius 2 is 1.17 bits per heavy atom. The molecule has 2 aliphatic rings. The minimum atomic E-state index is -2.75. The topological polar surface area (TPSA) is 92.3 Å². The summed E-state index contributed by atoms with van der Waals surface area (Å²) < 4.78 is 43.5. The van der Waals surface area contributed by atoms with Crippen molar-refractivity contribution in [1.82, 2.24) is 10.6 Å². The zero-order valence-electron chi connectivity index (χ0n) is 14.4. The van der Waals surface area contributed by atoms with Gasteiger partial charge in [0, 0.05) is 12.5 Å². The Morgan fingerprint density at radius 3 is 1.57 bits per heavy atom. The largest absolute Gasteiger partial charge is 0.317 e. The molecule has 0 atom stereocenters. The predicted molar refractivity (Wildman–Crippen MR) is 95.2 cm³/mol. The lowest BCUT2D eigenvalue weighted by Crippen LogP contribution is -2.31. The standard InChI is InChI=1S/C8H17NO2S.C7H15NO2S/c1-12(10,11)7-4-8-2-5-9-6-3-8;1-11(9,10)6-7-2-4-8-5-3-7/h8-9H,2-7H2,1H3;7-8H,2-6H2,1H3. The van der Waals surface area contributed by atoms with E-state index in [0.29, 0.717) is 23.3 Å². The summed E-state index contributed by atoms with van der Waals surface area (Å²) in [5.74, 6) is 1.75. The van der Waals surface area contributed by atoms with Gasteiger partial charge in [-0.1, -0.05) is 0 Å². The smallest absolute Gasteiger partial charge is 0.147 e. The molecule has 2 fully saturated rings. The van der Waals surface area contributed by atoms with E-state index in [1.165, 1.54) is 12.5 Å². The van der Waals surface area contributed by atoms with E-state index in [0.717, 1.165) is 58.3 Å². The first-order valence-corrected chi connectivity index (χ1v) is 12.5. The Kier molecular flexibility index (Phi) is 9.03. The van der Waals surface area contributed by atoms with Crippen molar-refractivity contribution >= 4 is 19.7 Å². The van der Waals surface area contributed by atoms with Crippen LogP contribution < -0.4 is 10.6 Å². The predicted octanol–water partition coefficient (Wildman–Crippen LogP) is 0.451. The van der Waals surface area contributed by atoms with Gasteiger partial charge in [0.15, 0.2) is 0 Å². The Balaban J connectivity index is 0.000000231. The van der Waals surface area contributed by atoms with Crippen molar-refractivity contribution in [3.63, 3.8) is 0 Å². The van der Waals surface area contributed by atoms with Gasteiger partial charge in [-0.15, -0.1) is 0 Å². The van der Waals surface area contributed by atoms with Gasteiger partial charge >= 0.3 is 0 Å². The highest BCUT2D eigenvalue weighted by Crippen LogP contribution is 2.16. The maximum Gasteiger partial charge on any atom is 0.147 e. The highest BCUT2D eigenvalue weighted by molar-refractivity contribution is 7.90. The van der Waals surface area contributed by atoms with Crippen molar-refractivity contribution in [2.75, 3.05) is 50.2 Å². The molecule has 6 nitrogen and oxygen atoms in total. The summed E-state index contributed by atoms with van der Waals surface area (Å²) in [7, 11) is -5.50. The van der Waals surface area contributed by atoms with Crippen LogP contribution in [0, 0.1) is 11.8 Å². The Morgan fingerprint density at radius 1 is 0.739 bits per heavy atom. The maximum absolute atomic E-state index is 10.9. The number of sulfone groups is 2. The molecule has 0 saturated carbocycles. The molecule has 0 bridgehead atoms. The lowest BCUT2D eigenvalue weighted by atomic mass is 9.96. The molecule has 0 aromatic carbocycles. The van der Waals surface area contributed by atoms with Crippen LogP contribution in [0.1, 0.15) is 32.1 Å². The van der Waals surface area contributed by atoms with Gasteiger partial charge in [0.1, 0.15) is 19.7 Å². The molecule has 23 heavy (non-hydrogen) atoms. The average molecular weight is 369 g/mol. The zero-order valence-corrected chi connectivity index (χ0v) is 16.0. The molecule has 0 aromatic rings. The summed E-state index contributed by atoms with van der Waals surface area (Å²) in [6.07, 6.45) is 7.76. The second kappa shape index (κ2) is 9.96. The summed E-state index contributed by atoms with van der Waals surface area (Å²) >= 11 is 0. The second-order valence-electron chi connectivity index (χ2n) is 6.90. The molecule has 0 aliphatic carbocycles. The van der Waals surface area contributed by atoms with Gasteiger partial charge in [-0.25, -0.2) is 16.8 Å². The fourth-order valence-corrected chi connectivity index (χ4v) is 4.98. The summed E-state index contributed by atoms with van der Waals surface area (Å²) in [6.45, 7) is 4.04. The first-order valence-electron chi connectivity index (χ1n) is 8.42. The molecule has 2 rings (SSSR count). The van der Waals surface area contributed by atoms with Crippen LogP contribution in [0.5, 0.6) is 0 Å². The highest BCUT2D eigenvalue weighted by atomic mass is 32.2. The quantitative estimate of drug-likeness (QED) is 0.732. The van der Waals surface area contributed by atoms with Crippen molar-refractivity contribution in [1.29, 1.82) is 0 Å². The van der Waals surface area contributed by atoms with Gasteiger partial charge in [0.2, 0.25) is 0 Å². The van der Waals surface area contributed by atoms with E-state index < -0.39 is 19.7 Å². The fraction of sp³-hybridized carbons (Fsp3) is 1.00. The van der Waals surface area contributed by atoms with E-state index in [2.05, 4.69) is 10.6 Å². The second-order valence-corrected chi connectivity index (χ2v) is 11.3. The van der Waals surface area contributed by atoms with Gasteiger partial charge in [-0.05, 0) is 70.1 Å². The number of hydrogen-bond donors (Lipinski definition) is 2. The normalized spacial score (nSPS) is 21.5. The molecule has 8 heteroatoms. The van der Waals surface area contributed by atoms with Crippen LogP contribution in [0.4, 0.5) is 0 Å². The van der Waals surface area contributed by atoms with E-state index in [9.17, 15) is 16.8 Å². The number of piperidine rings is 2. The third kappa shape index (κ3) is 11.9. The van der Waals surface area contributed by atoms with Crippen molar-refractivity contribution < 1.29 is 16.8 Å². The van der Waals surface area contributed by atoms with Crippen LogP contribution in [0.3, 0.4) is 0 Å². The zero-order chi connectivity index (χ0) is 17.3. The molecule has 0 unspecified atom stereocenters. The van der Waals surface area contributed by atoms with Gasteiger partial charge in [0.25, 0.3) is 0 Å². The van der Waals surface area contributed by atoms with Crippen LogP contribution in [0.25, 0.3) is 0 Å². The third-order valence-corrected chi connectivity index (χ3v) is 6.41. The van der Waals surface area contributed by atoms with Crippen LogP contribution in [-0.4, -0.2) is 67.0 Å². The number of rotatable bonds is 5. The van der Waals surface area contributed by atoms with Crippen molar-refractivity contribution in [3.05, 3.63) is 0 Å². The maximum atomic E-state index is 10.9. The van der Waals surface area contributed by atoms with E-state index in [4.69, 9.17) is 0 Å². The first kappa shape index (κ1) is 20.9. The summed E-state index contributed by atoms with van der Waals surface area (Å²) in [5, 5.41) is 6.47.